The highest BCUT2D eigenvalue weighted by Gasteiger charge is 2.05. The van der Waals surface area contributed by atoms with Crippen molar-refractivity contribution in [1.82, 2.24) is 0 Å². The zero-order valence-electron chi connectivity index (χ0n) is 13.2. The van der Waals surface area contributed by atoms with Crippen molar-refractivity contribution in [1.29, 1.82) is 0 Å². The summed E-state index contributed by atoms with van der Waals surface area (Å²) >= 11 is 0. The maximum absolute atomic E-state index is 12.0. The number of rotatable bonds is 7. The number of anilines is 1. The van der Waals surface area contributed by atoms with Crippen LogP contribution < -0.4 is 10.1 Å². The third kappa shape index (κ3) is 5.60. The summed E-state index contributed by atoms with van der Waals surface area (Å²) in [5.41, 5.74) is 1.77. The summed E-state index contributed by atoms with van der Waals surface area (Å²) in [5, 5.41) is 2.91. The summed E-state index contributed by atoms with van der Waals surface area (Å²) in [6.07, 6.45) is 1.39. The van der Waals surface area contributed by atoms with E-state index in [9.17, 15) is 4.79 Å². The molecule has 1 N–H and O–H groups in total. The van der Waals surface area contributed by atoms with Gasteiger partial charge in [0.05, 0.1) is 13.0 Å². The molecule has 0 aromatic heterocycles. The van der Waals surface area contributed by atoms with Gasteiger partial charge in [0.1, 0.15) is 5.75 Å². The first-order valence-corrected chi connectivity index (χ1v) is 7.70. The maximum atomic E-state index is 12.0. The van der Waals surface area contributed by atoms with Crippen LogP contribution in [0.3, 0.4) is 0 Å². The Hall–Kier alpha value is -2.29. The second-order valence-corrected chi connectivity index (χ2v) is 5.77. The fourth-order valence-electron chi connectivity index (χ4n) is 2.06. The summed E-state index contributed by atoms with van der Waals surface area (Å²) in [6, 6.07) is 17.3. The third-order valence-corrected chi connectivity index (χ3v) is 3.29. The average Bonchev–Trinajstić information content (AvgIpc) is 2.48. The highest BCUT2D eigenvalue weighted by molar-refractivity contribution is 5.92. The van der Waals surface area contributed by atoms with Gasteiger partial charge in [-0.05, 0) is 30.0 Å². The molecule has 2 rings (SSSR count). The van der Waals surface area contributed by atoms with E-state index in [-0.39, 0.29) is 5.91 Å². The van der Waals surface area contributed by atoms with Crippen molar-refractivity contribution < 1.29 is 9.53 Å². The molecule has 116 valence electrons. The second kappa shape index (κ2) is 8.23. The van der Waals surface area contributed by atoms with E-state index >= 15 is 0 Å². The first kappa shape index (κ1) is 16.1. The molecule has 0 aliphatic carbocycles. The Balaban J connectivity index is 1.88. The minimum Gasteiger partial charge on any atom is -0.494 e. The Labute approximate surface area is 132 Å². The van der Waals surface area contributed by atoms with Crippen LogP contribution >= 0.6 is 0 Å². The first-order chi connectivity index (χ1) is 10.6. The molecule has 1 amide bonds. The van der Waals surface area contributed by atoms with Crippen LogP contribution in [0.4, 0.5) is 5.69 Å². The molecule has 0 radical (unpaired) electrons. The molecule has 3 nitrogen and oxygen atoms in total. The first-order valence-electron chi connectivity index (χ1n) is 7.70. The molecule has 0 spiro atoms. The fraction of sp³-hybridized carbons (Fsp3) is 0.316. The molecule has 0 unspecified atom stereocenters. The monoisotopic (exact) mass is 297 g/mol. The van der Waals surface area contributed by atoms with Crippen LogP contribution in [0.1, 0.15) is 25.8 Å². The Morgan fingerprint density at radius 1 is 1.09 bits per heavy atom. The SMILES string of the molecule is CC(C)CCOc1cccc(NC(=O)Cc2ccccc2)c1. The van der Waals surface area contributed by atoms with Gasteiger partial charge in [0, 0.05) is 11.8 Å². The van der Waals surface area contributed by atoms with Gasteiger partial charge in [-0.15, -0.1) is 0 Å². The van der Waals surface area contributed by atoms with Gasteiger partial charge in [0.25, 0.3) is 0 Å². The molecular weight excluding hydrogens is 274 g/mol. The zero-order chi connectivity index (χ0) is 15.8. The third-order valence-electron chi connectivity index (χ3n) is 3.29. The molecular formula is C19H23NO2. The van der Waals surface area contributed by atoms with E-state index in [0.29, 0.717) is 18.9 Å². The number of carbonyl (C=O) groups is 1. The summed E-state index contributed by atoms with van der Waals surface area (Å²) in [5.74, 6) is 1.39. The zero-order valence-corrected chi connectivity index (χ0v) is 13.2. The second-order valence-electron chi connectivity index (χ2n) is 5.77. The van der Waals surface area contributed by atoms with Crippen LogP contribution in [0, 0.1) is 5.92 Å². The average molecular weight is 297 g/mol. The molecule has 0 aliphatic heterocycles. The highest BCUT2D eigenvalue weighted by atomic mass is 16.5. The number of carbonyl (C=O) groups excluding carboxylic acids is 1. The predicted molar refractivity (Wildman–Crippen MR) is 90.2 cm³/mol. The standard InChI is InChI=1S/C19H23NO2/c1-15(2)11-12-22-18-10-6-9-17(14-18)20-19(21)13-16-7-4-3-5-8-16/h3-10,14-15H,11-13H2,1-2H3,(H,20,21). The lowest BCUT2D eigenvalue weighted by atomic mass is 10.1. The van der Waals surface area contributed by atoms with E-state index in [0.717, 1.165) is 23.4 Å². The fourth-order valence-corrected chi connectivity index (χ4v) is 2.06. The van der Waals surface area contributed by atoms with Gasteiger partial charge in [-0.2, -0.15) is 0 Å². The van der Waals surface area contributed by atoms with Crippen LogP contribution in [0.15, 0.2) is 54.6 Å². The molecule has 22 heavy (non-hydrogen) atoms. The summed E-state index contributed by atoms with van der Waals surface area (Å²) in [7, 11) is 0. The smallest absolute Gasteiger partial charge is 0.228 e. The number of benzene rings is 2. The molecule has 2 aromatic carbocycles. The van der Waals surface area contributed by atoms with Crippen molar-refractivity contribution in [2.45, 2.75) is 26.7 Å². The van der Waals surface area contributed by atoms with Crippen LogP contribution in [0.2, 0.25) is 0 Å². The largest absolute Gasteiger partial charge is 0.494 e. The highest BCUT2D eigenvalue weighted by Crippen LogP contribution is 2.18. The summed E-state index contributed by atoms with van der Waals surface area (Å²) in [6.45, 7) is 5.03. The normalized spacial score (nSPS) is 10.5. The lowest BCUT2D eigenvalue weighted by molar-refractivity contribution is -0.115. The van der Waals surface area contributed by atoms with E-state index in [2.05, 4.69) is 19.2 Å². The van der Waals surface area contributed by atoms with Gasteiger partial charge in [-0.3, -0.25) is 4.79 Å². The number of nitrogens with one attached hydrogen (secondary N) is 1. The lowest BCUT2D eigenvalue weighted by Gasteiger charge is -2.10. The molecule has 0 bridgehead atoms. The molecule has 0 atom stereocenters. The minimum absolute atomic E-state index is 0.0227. The summed E-state index contributed by atoms with van der Waals surface area (Å²) < 4.78 is 5.71. The molecule has 2 aromatic rings. The van der Waals surface area contributed by atoms with E-state index < -0.39 is 0 Å². The number of hydrogen-bond donors (Lipinski definition) is 1. The summed E-state index contributed by atoms with van der Waals surface area (Å²) in [4.78, 5) is 12.0. The number of ether oxygens (including phenoxy) is 1. The van der Waals surface area contributed by atoms with Crippen molar-refractivity contribution in [3.63, 3.8) is 0 Å². The Morgan fingerprint density at radius 2 is 1.86 bits per heavy atom. The molecule has 0 saturated carbocycles. The van der Waals surface area contributed by atoms with E-state index in [4.69, 9.17) is 4.74 Å². The van der Waals surface area contributed by atoms with Gasteiger partial charge >= 0.3 is 0 Å². The Bertz CT molecular complexity index is 593. The van der Waals surface area contributed by atoms with Crippen LogP contribution in [-0.2, 0) is 11.2 Å². The van der Waals surface area contributed by atoms with Gasteiger partial charge in [0.2, 0.25) is 5.91 Å². The van der Waals surface area contributed by atoms with E-state index in [1.807, 2.05) is 54.6 Å². The van der Waals surface area contributed by atoms with Crippen LogP contribution in [-0.4, -0.2) is 12.5 Å². The predicted octanol–water partition coefficient (Wildman–Crippen LogP) is 4.29. The van der Waals surface area contributed by atoms with Crippen molar-refractivity contribution >= 4 is 11.6 Å². The van der Waals surface area contributed by atoms with Crippen LogP contribution in [0.25, 0.3) is 0 Å². The van der Waals surface area contributed by atoms with E-state index in [1.54, 1.807) is 0 Å². The maximum Gasteiger partial charge on any atom is 0.228 e. The van der Waals surface area contributed by atoms with Crippen LogP contribution in [0.5, 0.6) is 5.75 Å². The van der Waals surface area contributed by atoms with Crippen molar-refractivity contribution in [2.24, 2.45) is 5.92 Å². The van der Waals surface area contributed by atoms with Crippen molar-refractivity contribution in [3.05, 3.63) is 60.2 Å². The van der Waals surface area contributed by atoms with Gasteiger partial charge in [-0.1, -0.05) is 50.2 Å². The number of amides is 1. The van der Waals surface area contributed by atoms with Gasteiger partial charge in [0.15, 0.2) is 0 Å². The van der Waals surface area contributed by atoms with Crippen molar-refractivity contribution in [2.75, 3.05) is 11.9 Å². The lowest BCUT2D eigenvalue weighted by Crippen LogP contribution is -2.14. The number of hydrogen-bond acceptors (Lipinski definition) is 2. The Morgan fingerprint density at radius 3 is 2.59 bits per heavy atom. The van der Waals surface area contributed by atoms with Gasteiger partial charge < -0.3 is 10.1 Å². The quantitative estimate of drug-likeness (QED) is 0.827. The molecule has 0 heterocycles. The molecule has 3 heteroatoms. The minimum atomic E-state index is -0.0227. The Kier molecular flexibility index (Phi) is 6.01. The molecule has 0 saturated heterocycles. The van der Waals surface area contributed by atoms with E-state index in [1.165, 1.54) is 0 Å². The van der Waals surface area contributed by atoms with Crippen molar-refractivity contribution in [3.8, 4) is 5.75 Å². The molecule has 0 aliphatic rings. The molecule has 0 fully saturated rings. The van der Waals surface area contributed by atoms with Gasteiger partial charge in [-0.25, -0.2) is 0 Å². The topological polar surface area (TPSA) is 38.3 Å².